The van der Waals surface area contributed by atoms with E-state index in [9.17, 15) is 4.79 Å². The number of amides is 1. The second-order valence-electron chi connectivity index (χ2n) is 3.38. The van der Waals surface area contributed by atoms with Crippen LogP contribution in [0.15, 0.2) is 12.7 Å². The third-order valence-electron chi connectivity index (χ3n) is 2.15. The Bertz CT molecular complexity index is 169. The quantitative estimate of drug-likeness (QED) is 0.475. The highest BCUT2D eigenvalue weighted by Gasteiger charge is 2.07. The van der Waals surface area contributed by atoms with Crippen LogP contribution >= 0.6 is 0 Å². The Morgan fingerprint density at radius 3 is 2.50 bits per heavy atom. The summed E-state index contributed by atoms with van der Waals surface area (Å²) < 4.78 is 0. The molecule has 0 aliphatic carbocycles. The maximum absolute atomic E-state index is 11.4. The van der Waals surface area contributed by atoms with E-state index in [1.807, 2.05) is 4.90 Å². The van der Waals surface area contributed by atoms with E-state index in [0.29, 0.717) is 6.54 Å². The second-order valence-corrected chi connectivity index (χ2v) is 3.38. The van der Waals surface area contributed by atoms with Crippen molar-refractivity contribution in [1.82, 2.24) is 4.90 Å². The van der Waals surface area contributed by atoms with Crippen molar-refractivity contribution in [3.8, 4) is 0 Å². The molecule has 0 aliphatic heterocycles. The molecule has 0 saturated carbocycles. The Morgan fingerprint density at radius 2 is 2.00 bits per heavy atom. The van der Waals surface area contributed by atoms with Gasteiger partial charge in [-0.3, -0.25) is 4.79 Å². The Labute approximate surface area is 87.0 Å². The second kappa shape index (κ2) is 8.75. The zero-order chi connectivity index (χ0) is 10.8. The van der Waals surface area contributed by atoms with E-state index in [2.05, 4.69) is 13.5 Å². The van der Waals surface area contributed by atoms with Crippen molar-refractivity contribution in [1.29, 1.82) is 0 Å². The minimum absolute atomic E-state index is 0.0375. The maximum atomic E-state index is 11.4. The molecule has 1 amide bonds. The number of carbonyl (C=O) groups excluding carboxylic acids is 1. The Kier molecular flexibility index (Phi) is 8.24. The molecule has 2 N–H and O–H groups in total. The predicted octanol–water partition coefficient (Wildman–Crippen LogP) is 1.54. The molecule has 0 atom stereocenters. The molecular formula is C11H22N2O. The standard InChI is InChI=1S/C11H22N2O/c1-3-5-9-13(11(14)4-2)10-7-6-8-12/h4H,2-3,5-10,12H2,1H3. The van der Waals surface area contributed by atoms with Crippen LogP contribution < -0.4 is 5.73 Å². The third-order valence-corrected chi connectivity index (χ3v) is 2.15. The summed E-state index contributed by atoms with van der Waals surface area (Å²) in [7, 11) is 0. The van der Waals surface area contributed by atoms with E-state index in [1.54, 1.807) is 0 Å². The predicted molar refractivity (Wildman–Crippen MR) is 60.0 cm³/mol. The van der Waals surface area contributed by atoms with Crippen LogP contribution in [0.2, 0.25) is 0 Å². The lowest BCUT2D eigenvalue weighted by Crippen LogP contribution is -2.31. The van der Waals surface area contributed by atoms with Crippen LogP contribution in [0, 0.1) is 0 Å². The number of rotatable bonds is 8. The van der Waals surface area contributed by atoms with Crippen molar-refractivity contribution in [3.63, 3.8) is 0 Å². The lowest BCUT2D eigenvalue weighted by Gasteiger charge is -2.20. The lowest BCUT2D eigenvalue weighted by molar-refractivity contribution is -0.126. The van der Waals surface area contributed by atoms with Crippen LogP contribution in [0.1, 0.15) is 32.6 Å². The molecule has 0 radical (unpaired) electrons. The van der Waals surface area contributed by atoms with Gasteiger partial charge in [-0.25, -0.2) is 0 Å². The van der Waals surface area contributed by atoms with Crippen molar-refractivity contribution in [2.45, 2.75) is 32.6 Å². The molecule has 0 aromatic rings. The van der Waals surface area contributed by atoms with Gasteiger partial charge < -0.3 is 10.6 Å². The average Bonchev–Trinajstić information content (AvgIpc) is 2.22. The van der Waals surface area contributed by atoms with Gasteiger partial charge in [-0.2, -0.15) is 0 Å². The number of nitrogens with zero attached hydrogens (tertiary/aromatic N) is 1. The molecule has 0 unspecified atom stereocenters. The monoisotopic (exact) mass is 198 g/mol. The minimum atomic E-state index is 0.0375. The molecule has 0 bridgehead atoms. The summed E-state index contributed by atoms with van der Waals surface area (Å²) in [5, 5.41) is 0. The molecular weight excluding hydrogens is 176 g/mol. The molecule has 0 fully saturated rings. The smallest absolute Gasteiger partial charge is 0.245 e. The van der Waals surface area contributed by atoms with Crippen LogP contribution in [0.25, 0.3) is 0 Å². The van der Waals surface area contributed by atoms with Gasteiger partial charge in [-0.1, -0.05) is 19.9 Å². The Hall–Kier alpha value is -0.830. The first-order valence-electron chi connectivity index (χ1n) is 5.37. The van der Waals surface area contributed by atoms with Gasteiger partial charge in [0.25, 0.3) is 0 Å². The van der Waals surface area contributed by atoms with Gasteiger partial charge in [0.2, 0.25) is 5.91 Å². The lowest BCUT2D eigenvalue weighted by atomic mass is 10.2. The van der Waals surface area contributed by atoms with Gasteiger partial charge in [0.15, 0.2) is 0 Å². The number of nitrogens with two attached hydrogens (primary N) is 1. The van der Waals surface area contributed by atoms with Crippen LogP contribution in [0.3, 0.4) is 0 Å². The summed E-state index contributed by atoms with van der Waals surface area (Å²) in [4.78, 5) is 13.2. The Balaban J connectivity index is 3.84. The van der Waals surface area contributed by atoms with Crippen molar-refractivity contribution in [2.24, 2.45) is 5.73 Å². The molecule has 3 nitrogen and oxygen atoms in total. The topological polar surface area (TPSA) is 46.3 Å². The summed E-state index contributed by atoms with van der Waals surface area (Å²) in [6.07, 6.45) is 5.52. The largest absolute Gasteiger partial charge is 0.339 e. The van der Waals surface area contributed by atoms with Gasteiger partial charge in [0, 0.05) is 13.1 Å². The van der Waals surface area contributed by atoms with Crippen molar-refractivity contribution in [3.05, 3.63) is 12.7 Å². The number of hydrogen-bond donors (Lipinski definition) is 1. The van der Waals surface area contributed by atoms with Gasteiger partial charge in [-0.15, -0.1) is 0 Å². The molecule has 0 aromatic heterocycles. The first kappa shape index (κ1) is 13.2. The van der Waals surface area contributed by atoms with Crippen LogP contribution in [0.4, 0.5) is 0 Å². The van der Waals surface area contributed by atoms with E-state index in [-0.39, 0.29) is 5.91 Å². The SMILES string of the molecule is C=CC(=O)N(CCCC)CCCCN. The van der Waals surface area contributed by atoms with E-state index in [1.165, 1.54) is 6.08 Å². The van der Waals surface area contributed by atoms with Gasteiger partial charge in [0.05, 0.1) is 0 Å². The summed E-state index contributed by atoms with van der Waals surface area (Å²) in [6.45, 7) is 7.97. The van der Waals surface area contributed by atoms with Crippen molar-refractivity contribution >= 4 is 5.91 Å². The summed E-state index contributed by atoms with van der Waals surface area (Å²) in [6, 6.07) is 0. The van der Waals surface area contributed by atoms with Crippen LogP contribution in [-0.2, 0) is 4.79 Å². The number of unbranched alkanes of at least 4 members (excludes halogenated alkanes) is 2. The first-order valence-corrected chi connectivity index (χ1v) is 5.37. The highest BCUT2D eigenvalue weighted by molar-refractivity contribution is 5.86. The molecule has 0 aromatic carbocycles. The van der Waals surface area contributed by atoms with Crippen LogP contribution in [-0.4, -0.2) is 30.4 Å². The molecule has 14 heavy (non-hydrogen) atoms. The molecule has 0 saturated heterocycles. The highest BCUT2D eigenvalue weighted by atomic mass is 16.2. The fourth-order valence-corrected chi connectivity index (χ4v) is 1.26. The first-order chi connectivity index (χ1) is 6.76. The fraction of sp³-hybridized carbons (Fsp3) is 0.727. The zero-order valence-corrected chi connectivity index (χ0v) is 9.17. The average molecular weight is 198 g/mol. The normalized spacial score (nSPS) is 9.86. The molecule has 82 valence electrons. The molecule has 0 spiro atoms. The number of hydrogen-bond acceptors (Lipinski definition) is 2. The van der Waals surface area contributed by atoms with E-state index in [4.69, 9.17) is 5.73 Å². The van der Waals surface area contributed by atoms with Crippen molar-refractivity contribution in [2.75, 3.05) is 19.6 Å². The maximum Gasteiger partial charge on any atom is 0.245 e. The van der Waals surface area contributed by atoms with Gasteiger partial charge >= 0.3 is 0 Å². The van der Waals surface area contributed by atoms with Gasteiger partial charge in [-0.05, 0) is 31.9 Å². The van der Waals surface area contributed by atoms with E-state index in [0.717, 1.165) is 38.8 Å². The fourth-order valence-electron chi connectivity index (χ4n) is 1.26. The summed E-state index contributed by atoms with van der Waals surface area (Å²) >= 11 is 0. The number of carbonyl (C=O) groups is 1. The molecule has 0 heterocycles. The summed E-state index contributed by atoms with van der Waals surface area (Å²) in [5.74, 6) is 0.0375. The minimum Gasteiger partial charge on any atom is -0.339 e. The molecule has 3 heteroatoms. The van der Waals surface area contributed by atoms with Crippen molar-refractivity contribution < 1.29 is 4.79 Å². The van der Waals surface area contributed by atoms with E-state index >= 15 is 0 Å². The Morgan fingerprint density at radius 1 is 1.36 bits per heavy atom. The van der Waals surface area contributed by atoms with Gasteiger partial charge in [0.1, 0.15) is 0 Å². The van der Waals surface area contributed by atoms with E-state index < -0.39 is 0 Å². The third kappa shape index (κ3) is 5.75. The van der Waals surface area contributed by atoms with Crippen LogP contribution in [0.5, 0.6) is 0 Å². The summed E-state index contributed by atoms with van der Waals surface area (Å²) in [5.41, 5.74) is 5.40. The zero-order valence-electron chi connectivity index (χ0n) is 9.17. The molecule has 0 aliphatic rings. The highest BCUT2D eigenvalue weighted by Crippen LogP contribution is 2.00. The molecule has 0 rings (SSSR count).